The molecule has 1 N–H and O–H groups in total. The van der Waals surface area contributed by atoms with Gasteiger partial charge in [-0.3, -0.25) is 4.79 Å². The number of aryl methyl sites for hydroxylation is 1. The van der Waals surface area contributed by atoms with Gasteiger partial charge in [-0.25, -0.2) is 0 Å². The predicted molar refractivity (Wildman–Crippen MR) is 83.0 cm³/mol. The number of rotatable bonds is 4. The number of aromatic amines is 1. The van der Waals surface area contributed by atoms with Crippen LogP contribution in [0.15, 0.2) is 40.0 Å². The quantitative estimate of drug-likeness (QED) is 0.870. The first-order valence-electron chi connectivity index (χ1n) is 6.53. The van der Waals surface area contributed by atoms with Gasteiger partial charge in [0.2, 0.25) is 0 Å². The Kier molecular flexibility index (Phi) is 4.65. The number of nitrogens with zero attached hydrogens (tertiary/aromatic N) is 1. The van der Waals surface area contributed by atoms with Crippen LogP contribution in [0.2, 0.25) is 0 Å². The van der Waals surface area contributed by atoms with Gasteiger partial charge < -0.3 is 4.98 Å². The van der Waals surface area contributed by atoms with Crippen molar-refractivity contribution in [1.82, 2.24) is 4.98 Å². The van der Waals surface area contributed by atoms with Crippen molar-refractivity contribution in [3.8, 4) is 17.2 Å². The van der Waals surface area contributed by atoms with Crippen LogP contribution in [0.5, 0.6) is 0 Å². The summed E-state index contributed by atoms with van der Waals surface area (Å²) in [6, 6.07) is 11.8. The highest BCUT2D eigenvalue weighted by Gasteiger charge is 2.13. The summed E-state index contributed by atoms with van der Waals surface area (Å²) in [5.41, 5.74) is 2.29. The number of aromatic nitrogens is 1. The molecule has 0 amide bonds. The number of H-pyrrole nitrogens is 1. The minimum Gasteiger partial charge on any atom is -0.325 e. The number of nitrogens with one attached hydrogen (secondary N) is 1. The minimum atomic E-state index is -0.321. The fourth-order valence-corrected chi connectivity index (χ4v) is 2.97. The summed E-state index contributed by atoms with van der Waals surface area (Å²) >= 11 is 1.75. The summed E-state index contributed by atoms with van der Waals surface area (Å²) < 4.78 is 0. The summed E-state index contributed by atoms with van der Waals surface area (Å²) in [7, 11) is 0. The molecule has 0 aliphatic carbocycles. The molecule has 2 rings (SSSR count). The Morgan fingerprint density at radius 2 is 2.05 bits per heavy atom. The Balaban J connectivity index is 2.63. The van der Waals surface area contributed by atoms with E-state index < -0.39 is 0 Å². The van der Waals surface area contributed by atoms with Gasteiger partial charge in [-0.05, 0) is 36.8 Å². The zero-order valence-electron chi connectivity index (χ0n) is 11.6. The molecule has 0 saturated heterocycles. The lowest BCUT2D eigenvalue weighted by Gasteiger charge is -2.10. The fraction of sp³-hybridized carbons (Fsp3) is 0.250. The van der Waals surface area contributed by atoms with E-state index in [9.17, 15) is 10.1 Å². The van der Waals surface area contributed by atoms with E-state index in [2.05, 4.69) is 11.9 Å². The summed E-state index contributed by atoms with van der Waals surface area (Å²) in [6.07, 6.45) is 1.08. The van der Waals surface area contributed by atoms with Crippen LogP contribution in [0, 0.1) is 18.3 Å². The molecule has 0 radical (unpaired) electrons. The Morgan fingerprint density at radius 1 is 1.30 bits per heavy atom. The van der Waals surface area contributed by atoms with Crippen LogP contribution in [-0.4, -0.2) is 10.7 Å². The van der Waals surface area contributed by atoms with E-state index in [1.54, 1.807) is 11.8 Å². The van der Waals surface area contributed by atoms with Crippen molar-refractivity contribution in [2.45, 2.75) is 25.2 Å². The molecule has 0 atom stereocenters. The number of thioether (sulfide) groups is 1. The van der Waals surface area contributed by atoms with Crippen molar-refractivity contribution in [3.63, 3.8) is 0 Å². The van der Waals surface area contributed by atoms with Crippen molar-refractivity contribution < 1.29 is 0 Å². The molecule has 20 heavy (non-hydrogen) atoms. The zero-order chi connectivity index (χ0) is 14.5. The first-order chi connectivity index (χ1) is 9.67. The Bertz CT molecular complexity index is 713. The summed E-state index contributed by atoms with van der Waals surface area (Å²) in [5, 5.41) is 9.24. The van der Waals surface area contributed by atoms with Crippen LogP contribution in [-0.2, 0) is 0 Å². The normalized spacial score (nSPS) is 10.2. The monoisotopic (exact) mass is 284 g/mol. The number of benzene rings is 1. The average Bonchev–Trinajstić information content (AvgIpc) is 2.44. The highest BCUT2D eigenvalue weighted by Crippen LogP contribution is 2.32. The zero-order valence-corrected chi connectivity index (χ0v) is 12.4. The second-order valence-corrected chi connectivity index (χ2v) is 5.66. The van der Waals surface area contributed by atoms with Crippen molar-refractivity contribution in [1.29, 1.82) is 5.26 Å². The average molecular weight is 284 g/mol. The summed E-state index contributed by atoms with van der Waals surface area (Å²) in [6.45, 7) is 3.96. The maximum atomic E-state index is 11.9. The molecule has 0 unspecified atom stereocenters. The van der Waals surface area contributed by atoms with Gasteiger partial charge in [-0.1, -0.05) is 25.1 Å². The lowest BCUT2D eigenvalue weighted by atomic mass is 10.0. The Morgan fingerprint density at radius 3 is 2.75 bits per heavy atom. The molecule has 0 fully saturated rings. The first-order valence-corrected chi connectivity index (χ1v) is 7.52. The van der Waals surface area contributed by atoms with Gasteiger partial charge in [0, 0.05) is 16.2 Å². The molecular weight excluding hydrogens is 268 g/mol. The van der Waals surface area contributed by atoms with Gasteiger partial charge in [-0.15, -0.1) is 11.8 Å². The SMILES string of the molecule is CCCSc1ccccc1-c1cc(C)[nH]c(=O)c1C#N. The molecule has 3 nitrogen and oxygen atoms in total. The summed E-state index contributed by atoms with van der Waals surface area (Å²) in [4.78, 5) is 15.7. The number of hydrogen-bond donors (Lipinski definition) is 1. The smallest absolute Gasteiger partial charge is 0.266 e. The van der Waals surface area contributed by atoms with Gasteiger partial charge in [0.15, 0.2) is 0 Å². The summed E-state index contributed by atoms with van der Waals surface area (Å²) in [5.74, 6) is 1.01. The molecule has 1 aromatic carbocycles. The highest BCUT2D eigenvalue weighted by molar-refractivity contribution is 7.99. The topological polar surface area (TPSA) is 56.6 Å². The molecule has 0 aliphatic heterocycles. The lowest BCUT2D eigenvalue weighted by Crippen LogP contribution is -2.12. The third-order valence-corrected chi connectivity index (χ3v) is 4.20. The predicted octanol–water partition coefficient (Wildman–Crippen LogP) is 3.72. The second-order valence-electron chi connectivity index (χ2n) is 4.53. The van der Waals surface area contributed by atoms with E-state index in [0.717, 1.165) is 28.3 Å². The molecule has 1 aromatic heterocycles. The molecule has 0 aliphatic rings. The van der Waals surface area contributed by atoms with Crippen molar-refractivity contribution in [2.75, 3.05) is 5.75 Å². The van der Waals surface area contributed by atoms with E-state index >= 15 is 0 Å². The van der Waals surface area contributed by atoms with E-state index in [4.69, 9.17) is 0 Å². The van der Waals surface area contributed by atoms with Gasteiger partial charge in [0.1, 0.15) is 11.6 Å². The lowest BCUT2D eigenvalue weighted by molar-refractivity contribution is 1.10. The molecule has 4 heteroatoms. The number of hydrogen-bond acceptors (Lipinski definition) is 3. The van der Waals surface area contributed by atoms with E-state index in [1.807, 2.05) is 43.3 Å². The van der Waals surface area contributed by atoms with Crippen LogP contribution < -0.4 is 5.56 Å². The van der Waals surface area contributed by atoms with E-state index in [-0.39, 0.29) is 11.1 Å². The van der Waals surface area contributed by atoms with Crippen LogP contribution in [0.25, 0.3) is 11.1 Å². The second kappa shape index (κ2) is 6.44. The van der Waals surface area contributed by atoms with Crippen LogP contribution in [0.3, 0.4) is 0 Å². The van der Waals surface area contributed by atoms with Gasteiger partial charge in [0.25, 0.3) is 5.56 Å². The maximum absolute atomic E-state index is 11.9. The molecule has 102 valence electrons. The molecule has 0 saturated carbocycles. The number of nitriles is 1. The van der Waals surface area contributed by atoms with E-state index in [0.29, 0.717) is 5.56 Å². The largest absolute Gasteiger partial charge is 0.325 e. The fourth-order valence-electron chi connectivity index (χ4n) is 2.04. The standard InChI is InChI=1S/C16H16N2OS/c1-3-8-20-15-7-5-4-6-12(15)13-9-11(2)18-16(19)14(13)10-17/h4-7,9H,3,8H2,1-2H3,(H,18,19). The van der Waals surface area contributed by atoms with E-state index in [1.165, 1.54) is 0 Å². The Labute approximate surface area is 122 Å². The van der Waals surface area contributed by atoms with Crippen LogP contribution in [0.4, 0.5) is 0 Å². The molecule has 1 heterocycles. The number of pyridine rings is 1. The van der Waals surface area contributed by atoms with Crippen LogP contribution in [0.1, 0.15) is 24.6 Å². The Hall–Kier alpha value is -1.99. The highest BCUT2D eigenvalue weighted by atomic mass is 32.2. The molecule has 0 bridgehead atoms. The van der Waals surface area contributed by atoms with Crippen molar-refractivity contribution in [2.24, 2.45) is 0 Å². The first kappa shape index (κ1) is 14.4. The minimum absolute atomic E-state index is 0.181. The van der Waals surface area contributed by atoms with Crippen molar-refractivity contribution >= 4 is 11.8 Å². The third-order valence-electron chi connectivity index (χ3n) is 2.92. The van der Waals surface area contributed by atoms with Gasteiger partial charge >= 0.3 is 0 Å². The van der Waals surface area contributed by atoms with Crippen LogP contribution >= 0.6 is 11.8 Å². The van der Waals surface area contributed by atoms with Gasteiger partial charge in [-0.2, -0.15) is 5.26 Å². The third kappa shape index (κ3) is 2.94. The maximum Gasteiger partial charge on any atom is 0.266 e. The molecule has 0 spiro atoms. The van der Waals surface area contributed by atoms with Gasteiger partial charge in [0.05, 0.1) is 0 Å². The van der Waals surface area contributed by atoms with Crippen molar-refractivity contribution in [3.05, 3.63) is 51.9 Å². The molecule has 2 aromatic rings. The molecular formula is C16H16N2OS.